The fourth-order valence-electron chi connectivity index (χ4n) is 2.81. The SMILES string of the molecule is O=c1c2ccccc2nc(SCc2nc3ccccc3s2)n1-c1ncn[nH]1. The monoisotopic (exact) mass is 392 g/mol. The molecule has 132 valence electrons. The summed E-state index contributed by atoms with van der Waals surface area (Å²) in [6.45, 7) is 0. The third-order valence-corrected chi connectivity index (χ3v) is 6.19. The lowest BCUT2D eigenvalue weighted by Crippen LogP contribution is -2.22. The topological polar surface area (TPSA) is 89.3 Å². The number of fused-ring (bicyclic) bond motifs is 2. The van der Waals surface area contributed by atoms with Crippen LogP contribution in [0.15, 0.2) is 64.8 Å². The number of para-hydroxylation sites is 2. The molecule has 0 aliphatic rings. The van der Waals surface area contributed by atoms with Gasteiger partial charge in [-0.1, -0.05) is 36.0 Å². The van der Waals surface area contributed by atoms with Crippen LogP contribution in [0.5, 0.6) is 0 Å². The minimum absolute atomic E-state index is 0.177. The van der Waals surface area contributed by atoms with Crippen molar-refractivity contribution < 1.29 is 0 Å². The summed E-state index contributed by atoms with van der Waals surface area (Å²) in [4.78, 5) is 26.5. The molecule has 2 aromatic carbocycles. The first-order valence-electron chi connectivity index (χ1n) is 8.14. The van der Waals surface area contributed by atoms with Gasteiger partial charge in [-0.25, -0.2) is 19.6 Å². The molecule has 0 bridgehead atoms. The van der Waals surface area contributed by atoms with Crippen molar-refractivity contribution in [2.75, 3.05) is 0 Å². The Hall–Kier alpha value is -3.04. The zero-order valence-electron chi connectivity index (χ0n) is 13.9. The molecule has 0 aliphatic heterocycles. The average Bonchev–Trinajstić information content (AvgIpc) is 3.36. The summed E-state index contributed by atoms with van der Waals surface area (Å²) in [6.07, 6.45) is 1.37. The highest BCUT2D eigenvalue weighted by atomic mass is 32.2. The fraction of sp³-hybridized carbons (Fsp3) is 0.0556. The van der Waals surface area contributed by atoms with Crippen LogP contribution in [0.2, 0.25) is 0 Å². The van der Waals surface area contributed by atoms with Crippen LogP contribution in [0.3, 0.4) is 0 Å². The van der Waals surface area contributed by atoms with Crippen LogP contribution in [0.25, 0.3) is 27.1 Å². The number of hydrogen-bond donors (Lipinski definition) is 1. The largest absolute Gasteiger partial charge is 0.269 e. The van der Waals surface area contributed by atoms with E-state index in [0.717, 1.165) is 15.2 Å². The number of nitrogens with zero attached hydrogens (tertiary/aromatic N) is 5. The summed E-state index contributed by atoms with van der Waals surface area (Å²) in [6, 6.07) is 15.3. The molecule has 0 saturated heterocycles. The van der Waals surface area contributed by atoms with Gasteiger partial charge in [0, 0.05) is 0 Å². The molecule has 0 atom stereocenters. The first-order chi connectivity index (χ1) is 13.3. The lowest BCUT2D eigenvalue weighted by Gasteiger charge is -2.09. The second kappa shape index (κ2) is 6.60. The highest BCUT2D eigenvalue weighted by molar-refractivity contribution is 7.98. The molecule has 0 aliphatic carbocycles. The fourth-order valence-corrected chi connectivity index (χ4v) is 4.76. The van der Waals surface area contributed by atoms with Crippen LogP contribution in [-0.2, 0) is 5.75 Å². The Balaban J connectivity index is 1.59. The van der Waals surface area contributed by atoms with E-state index in [1.54, 1.807) is 17.4 Å². The molecule has 5 rings (SSSR count). The van der Waals surface area contributed by atoms with Gasteiger partial charge in [-0.15, -0.1) is 11.3 Å². The minimum atomic E-state index is -0.177. The van der Waals surface area contributed by atoms with E-state index in [2.05, 4.69) is 31.2 Å². The molecule has 9 heteroatoms. The number of thiazole rings is 1. The van der Waals surface area contributed by atoms with Gasteiger partial charge >= 0.3 is 0 Å². The molecule has 27 heavy (non-hydrogen) atoms. The standard InChI is InChI=1S/C18H12N6OS2/c25-16-11-5-1-2-6-12(11)22-18(24(16)17-19-10-20-23-17)26-9-15-21-13-7-3-4-8-14(13)27-15/h1-8,10H,9H2,(H,19,20,23). The van der Waals surface area contributed by atoms with E-state index in [1.807, 2.05) is 36.4 Å². The Labute approximate surface area is 161 Å². The Morgan fingerprint density at radius 1 is 1.04 bits per heavy atom. The van der Waals surface area contributed by atoms with Gasteiger partial charge in [-0.2, -0.15) is 10.1 Å². The van der Waals surface area contributed by atoms with E-state index in [1.165, 1.54) is 22.7 Å². The summed E-state index contributed by atoms with van der Waals surface area (Å²) in [5.41, 5.74) is 1.46. The second-order valence-corrected chi connectivity index (χ2v) is 7.78. The maximum atomic E-state index is 13.0. The molecule has 0 radical (unpaired) electrons. The minimum Gasteiger partial charge on any atom is -0.268 e. The smallest absolute Gasteiger partial charge is 0.268 e. The number of nitrogens with one attached hydrogen (secondary N) is 1. The van der Waals surface area contributed by atoms with Crippen molar-refractivity contribution in [3.8, 4) is 5.95 Å². The number of hydrogen-bond acceptors (Lipinski definition) is 7. The lowest BCUT2D eigenvalue weighted by atomic mass is 10.2. The molecule has 0 fully saturated rings. The summed E-state index contributed by atoms with van der Waals surface area (Å²) in [5, 5.41) is 8.69. The van der Waals surface area contributed by atoms with Crippen molar-refractivity contribution in [2.45, 2.75) is 10.9 Å². The Bertz CT molecular complexity index is 1280. The van der Waals surface area contributed by atoms with Crippen LogP contribution in [0.1, 0.15) is 5.01 Å². The van der Waals surface area contributed by atoms with E-state index < -0.39 is 0 Å². The molecule has 7 nitrogen and oxygen atoms in total. The van der Waals surface area contributed by atoms with Crippen LogP contribution in [0.4, 0.5) is 0 Å². The van der Waals surface area contributed by atoms with E-state index >= 15 is 0 Å². The number of rotatable bonds is 4. The number of aromatic nitrogens is 6. The maximum absolute atomic E-state index is 13.0. The summed E-state index contributed by atoms with van der Waals surface area (Å²) in [5.74, 6) is 0.961. The van der Waals surface area contributed by atoms with Gasteiger partial charge in [0.25, 0.3) is 5.56 Å². The Kier molecular flexibility index (Phi) is 3.95. The van der Waals surface area contributed by atoms with Gasteiger partial charge < -0.3 is 0 Å². The van der Waals surface area contributed by atoms with Crippen LogP contribution < -0.4 is 5.56 Å². The quantitative estimate of drug-likeness (QED) is 0.372. The molecular formula is C18H12N6OS2. The highest BCUT2D eigenvalue weighted by Gasteiger charge is 2.16. The van der Waals surface area contributed by atoms with Crippen LogP contribution >= 0.6 is 23.1 Å². The molecule has 5 aromatic rings. The van der Waals surface area contributed by atoms with Crippen molar-refractivity contribution in [1.29, 1.82) is 0 Å². The molecule has 0 amide bonds. The number of thioether (sulfide) groups is 1. The number of H-pyrrole nitrogens is 1. The predicted molar refractivity (Wildman–Crippen MR) is 106 cm³/mol. The normalized spacial score (nSPS) is 11.4. The molecule has 0 unspecified atom stereocenters. The predicted octanol–water partition coefficient (Wildman–Crippen LogP) is 3.41. The van der Waals surface area contributed by atoms with Gasteiger partial charge in [0.05, 0.1) is 26.9 Å². The van der Waals surface area contributed by atoms with Crippen LogP contribution in [0, 0.1) is 0 Å². The third-order valence-electron chi connectivity index (χ3n) is 4.02. The molecule has 0 spiro atoms. The van der Waals surface area contributed by atoms with E-state index in [-0.39, 0.29) is 5.56 Å². The lowest BCUT2D eigenvalue weighted by molar-refractivity contribution is 0.770. The van der Waals surface area contributed by atoms with Crippen molar-refractivity contribution >= 4 is 44.2 Å². The number of benzene rings is 2. The molecule has 1 N–H and O–H groups in total. The zero-order valence-corrected chi connectivity index (χ0v) is 15.5. The van der Waals surface area contributed by atoms with Gasteiger partial charge in [0.2, 0.25) is 5.95 Å². The second-order valence-electron chi connectivity index (χ2n) is 5.73. The zero-order chi connectivity index (χ0) is 18.2. The summed E-state index contributed by atoms with van der Waals surface area (Å²) >= 11 is 3.10. The van der Waals surface area contributed by atoms with Crippen molar-refractivity contribution in [3.63, 3.8) is 0 Å². The summed E-state index contributed by atoms with van der Waals surface area (Å²) in [7, 11) is 0. The van der Waals surface area contributed by atoms with Crippen molar-refractivity contribution in [1.82, 2.24) is 29.7 Å². The van der Waals surface area contributed by atoms with E-state index in [4.69, 9.17) is 0 Å². The van der Waals surface area contributed by atoms with Crippen molar-refractivity contribution in [2.24, 2.45) is 0 Å². The van der Waals surface area contributed by atoms with E-state index in [0.29, 0.717) is 27.8 Å². The Morgan fingerprint density at radius 3 is 2.67 bits per heavy atom. The summed E-state index contributed by atoms with van der Waals surface area (Å²) < 4.78 is 2.61. The van der Waals surface area contributed by atoms with Gasteiger partial charge in [0.15, 0.2) is 5.16 Å². The first-order valence-corrected chi connectivity index (χ1v) is 9.94. The van der Waals surface area contributed by atoms with Gasteiger partial charge in [-0.05, 0) is 24.3 Å². The van der Waals surface area contributed by atoms with E-state index in [9.17, 15) is 4.79 Å². The van der Waals surface area contributed by atoms with Crippen molar-refractivity contribution in [3.05, 3.63) is 70.2 Å². The van der Waals surface area contributed by atoms with Crippen LogP contribution in [-0.4, -0.2) is 29.7 Å². The average molecular weight is 392 g/mol. The third kappa shape index (κ3) is 2.90. The van der Waals surface area contributed by atoms with Gasteiger partial charge in [0.1, 0.15) is 11.3 Å². The molecular weight excluding hydrogens is 380 g/mol. The molecule has 3 aromatic heterocycles. The molecule has 0 saturated carbocycles. The first kappa shape index (κ1) is 16.2. The molecule has 3 heterocycles. The van der Waals surface area contributed by atoms with Gasteiger partial charge in [-0.3, -0.25) is 4.79 Å². The maximum Gasteiger partial charge on any atom is 0.269 e. The highest BCUT2D eigenvalue weighted by Crippen LogP contribution is 2.28. The Morgan fingerprint density at radius 2 is 1.85 bits per heavy atom. The number of aromatic amines is 1.